The lowest BCUT2D eigenvalue weighted by Gasteiger charge is -2.28. The van der Waals surface area contributed by atoms with Gasteiger partial charge in [0.25, 0.3) is 0 Å². The molecule has 1 atom stereocenters. The lowest BCUT2D eigenvalue weighted by molar-refractivity contribution is -0.124. The molecule has 1 aromatic carbocycles. The van der Waals surface area contributed by atoms with E-state index >= 15 is 0 Å². The van der Waals surface area contributed by atoms with Gasteiger partial charge in [0.1, 0.15) is 6.17 Å². The summed E-state index contributed by atoms with van der Waals surface area (Å²) < 4.78 is -1.65. The Hall–Kier alpha value is -0.640. The van der Waals surface area contributed by atoms with Gasteiger partial charge in [-0.15, -0.1) is 0 Å². The second kappa shape index (κ2) is 6.88. The standard InChI is InChI=1S/C14H19Cl3N2O/c1-8(2)12(20)19-13(14(15,16)17)18-11-6-5-9(3)7-10(11)4/h5-8,13,18H,1-4H3,(H,19,20)/t13-/m0/s1. The maximum Gasteiger partial charge on any atom is 0.228 e. The summed E-state index contributed by atoms with van der Waals surface area (Å²) in [6, 6.07) is 5.87. The van der Waals surface area contributed by atoms with Gasteiger partial charge in [-0.25, -0.2) is 0 Å². The van der Waals surface area contributed by atoms with Crippen molar-refractivity contribution in [3.05, 3.63) is 29.3 Å². The number of carbonyl (C=O) groups is 1. The van der Waals surface area contributed by atoms with Gasteiger partial charge in [0.05, 0.1) is 0 Å². The van der Waals surface area contributed by atoms with Crippen LogP contribution in [0, 0.1) is 19.8 Å². The van der Waals surface area contributed by atoms with Crippen LogP contribution in [0.15, 0.2) is 18.2 Å². The average molecular weight is 338 g/mol. The van der Waals surface area contributed by atoms with E-state index in [2.05, 4.69) is 10.6 Å². The van der Waals surface area contributed by atoms with Crippen molar-refractivity contribution in [3.8, 4) is 0 Å². The zero-order chi connectivity index (χ0) is 15.5. The number of anilines is 1. The van der Waals surface area contributed by atoms with Crippen molar-refractivity contribution in [1.82, 2.24) is 5.32 Å². The van der Waals surface area contributed by atoms with E-state index in [4.69, 9.17) is 34.8 Å². The van der Waals surface area contributed by atoms with Crippen LogP contribution in [-0.4, -0.2) is 15.9 Å². The zero-order valence-electron chi connectivity index (χ0n) is 11.9. The maximum absolute atomic E-state index is 11.8. The Labute approximate surface area is 135 Å². The molecule has 1 aromatic rings. The van der Waals surface area contributed by atoms with Crippen molar-refractivity contribution in [2.75, 3.05) is 5.32 Å². The fourth-order valence-corrected chi connectivity index (χ4v) is 1.97. The third kappa shape index (κ3) is 5.04. The van der Waals surface area contributed by atoms with Gasteiger partial charge >= 0.3 is 0 Å². The summed E-state index contributed by atoms with van der Waals surface area (Å²) in [6.45, 7) is 7.52. The molecule has 1 rings (SSSR count). The van der Waals surface area contributed by atoms with Crippen LogP contribution >= 0.6 is 34.8 Å². The van der Waals surface area contributed by atoms with Gasteiger partial charge in [0, 0.05) is 11.6 Å². The van der Waals surface area contributed by atoms with Gasteiger partial charge in [-0.1, -0.05) is 66.3 Å². The van der Waals surface area contributed by atoms with Crippen molar-refractivity contribution >= 4 is 46.4 Å². The monoisotopic (exact) mass is 336 g/mol. The van der Waals surface area contributed by atoms with E-state index in [1.807, 2.05) is 32.0 Å². The van der Waals surface area contributed by atoms with E-state index in [-0.39, 0.29) is 11.8 Å². The van der Waals surface area contributed by atoms with E-state index in [1.54, 1.807) is 13.8 Å². The molecule has 3 nitrogen and oxygen atoms in total. The third-order valence-corrected chi connectivity index (χ3v) is 3.47. The van der Waals surface area contributed by atoms with Crippen LogP contribution in [0.2, 0.25) is 0 Å². The second-order valence-electron chi connectivity index (χ2n) is 5.10. The molecule has 0 unspecified atom stereocenters. The van der Waals surface area contributed by atoms with Gasteiger partial charge in [0.15, 0.2) is 0 Å². The number of hydrogen-bond donors (Lipinski definition) is 2. The molecule has 6 heteroatoms. The van der Waals surface area contributed by atoms with E-state index in [0.717, 1.165) is 16.8 Å². The van der Waals surface area contributed by atoms with Crippen molar-refractivity contribution in [2.45, 2.75) is 37.7 Å². The molecular formula is C14H19Cl3N2O. The number of halogens is 3. The van der Waals surface area contributed by atoms with E-state index < -0.39 is 9.96 Å². The fourth-order valence-electron chi connectivity index (χ4n) is 1.64. The zero-order valence-corrected chi connectivity index (χ0v) is 14.2. The molecule has 0 saturated heterocycles. The molecular weight excluding hydrogens is 319 g/mol. The molecule has 0 fully saturated rings. The van der Waals surface area contributed by atoms with E-state index in [0.29, 0.717) is 0 Å². The first kappa shape index (κ1) is 17.4. The van der Waals surface area contributed by atoms with Gasteiger partial charge in [0.2, 0.25) is 9.70 Å². The van der Waals surface area contributed by atoms with Crippen LogP contribution in [0.25, 0.3) is 0 Å². The van der Waals surface area contributed by atoms with Crippen LogP contribution < -0.4 is 10.6 Å². The molecule has 0 aliphatic carbocycles. The Bertz CT molecular complexity index is 484. The molecule has 2 N–H and O–H groups in total. The molecule has 0 aliphatic heterocycles. The molecule has 0 radical (unpaired) electrons. The van der Waals surface area contributed by atoms with Crippen LogP contribution in [0.3, 0.4) is 0 Å². The van der Waals surface area contributed by atoms with E-state index in [9.17, 15) is 4.79 Å². The van der Waals surface area contributed by atoms with Gasteiger partial charge in [-0.3, -0.25) is 4.79 Å². The fraction of sp³-hybridized carbons (Fsp3) is 0.500. The SMILES string of the molecule is Cc1ccc(N[C@@H](NC(=O)C(C)C)C(Cl)(Cl)Cl)c(C)c1. The molecule has 112 valence electrons. The molecule has 20 heavy (non-hydrogen) atoms. The highest BCUT2D eigenvalue weighted by Crippen LogP contribution is 2.32. The number of amides is 1. The molecule has 0 saturated carbocycles. The summed E-state index contributed by atoms with van der Waals surface area (Å²) in [7, 11) is 0. The Morgan fingerprint density at radius 2 is 1.80 bits per heavy atom. The first-order valence-electron chi connectivity index (χ1n) is 6.32. The maximum atomic E-state index is 11.8. The number of nitrogens with one attached hydrogen (secondary N) is 2. The van der Waals surface area contributed by atoms with Crippen molar-refractivity contribution in [1.29, 1.82) is 0 Å². The minimum Gasteiger partial charge on any atom is -0.362 e. The summed E-state index contributed by atoms with van der Waals surface area (Å²) in [5, 5.41) is 5.77. The molecule has 0 spiro atoms. The number of aryl methyl sites for hydroxylation is 2. The van der Waals surface area contributed by atoms with Crippen molar-refractivity contribution in [2.24, 2.45) is 5.92 Å². The average Bonchev–Trinajstić information content (AvgIpc) is 2.29. The summed E-state index contributed by atoms with van der Waals surface area (Å²) in [5.41, 5.74) is 2.98. The Kier molecular flexibility index (Phi) is 5.99. The summed E-state index contributed by atoms with van der Waals surface area (Å²) in [5.74, 6) is -0.371. The lowest BCUT2D eigenvalue weighted by atomic mass is 10.1. The Morgan fingerprint density at radius 1 is 1.20 bits per heavy atom. The quantitative estimate of drug-likeness (QED) is 0.639. The van der Waals surface area contributed by atoms with Crippen LogP contribution in [-0.2, 0) is 4.79 Å². The highest BCUT2D eigenvalue weighted by Gasteiger charge is 2.34. The molecule has 0 aliphatic rings. The number of carbonyl (C=O) groups excluding carboxylic acids is 1. The normalized spacial score (nSPS) is 13.2. The number of benzene rings is 1. The number of rotatable bonds is 4. The van der Waals surface area contributed by atoms with Crippen molar-refractivity contribution < 1.29 is 4.79 Å². The van der Waals surface area contributed by atoms with Gasteiger partial charge in [-0.2, -0.15) is 0 Å². The third-order valence-electron chi connectivity index (χ3n) is 2.82. The minimum absolute atomic E-state index is 0.182. The first-order chi connectivity index (χ1) is 9.11. The predicted molar refractivity (Wildman–Crippen MR) is 86.6 cm³/mol. The number of alkyl halides is 3. The van der Waals surface area contributed by atoms with Crippen molar-refractivity contribution in [3.63, 3.8) is 0 Å². The topological polar surface area (TPSA) is 41.1 Å². The first-order valence-corrected chi connectivity index (χ1v) is 7.45. The summed E-state index contributed by atoms with van der Waals surface area (Å²) >= 11 is 17.8. The van der Waals surface area contributed by atoms with E-state index in [1.165, 1.54) is 0 Å². The lowest BCUT2D eigenvalue weighted by Crippen LogP contribution is -2.50. The summed E-state index contributed by atoms with van der Waals surface area (Å²) in [4.78, 5) is 11.8. The predicted octanol–water partition coefficient (Wildman–Crippen LogP) is 4.18. The molecule has 1 amide bonds. The van der Waals surface area contributed by atoms with Gasteiger partial charge < -0.3 is 10.6 Å². The smallest absolute Gasteiger partial charge is 0.228 e. The molecule has 0 bridgehead atoms. The van der Waals surface area contributed by atoms with Crippen LogP contribution in [0.5, 0.6) is 0 Å². The molecule has 0 aromatic heterocycles. The minimum atomic E-state index is -1.65. The summed E-state index contributed by atoms with van der Waals surface area (Å²) in [6.07, 6.45) is -0.802. The van der Waals surface area contributed by atoms with Gasteiger partial charge in [-0.05, 0) is 25.5 Å². The molecule has 0 heterocycles. The second-order valence-corrected chi connectivity index (χ2v) is 7.47. The van der Waals surface area contributed by atoms with Crippen LogP contribution in [0.4, 0.5) is 5.69 Å². The van der Waals surface area contributed by atoms with Crippen LogP contribution in [0.1, 0.15) is 25.0 Å². The highest BCUT2D eigenvalue weighted by molar-refractivity contribution is 6.68. The largest absolute Gasteiger partial charge is 0.362 e. The Morgan fingerprint density at radius 3 is 2.25 bits per heavy atom. The highest BCUT2D eigenvalue weighted by atomic mass is 35.6. The Balaban J connectivity index is 2.93. The number of hydrogen-bond acceptors (Lipinski definition) is 2.